The van der Waals surface area contributed by atoms with Crippen molar-refractivity contribution in [2.75, 3.05) is 18.0 Å². The van der Waals surface area contributed by atoms with Gasteiger partial charge in [0.1, 0.15) is 5.52 Å². The Hall–Kier alpha value is -2.32. The zero-order valence-corrected chi connectivity index (χ0v) is 15.6. The molecule has 0 saturated carbocycles. The summed E-state index contributed by atoms with van der Waals surface area (Å²) in [5, 5.41) is 12.6. The number of carboxylic acid groups (broad SMARTS) is 1. The Morgan fingerprint density at radius 1 is 1.42 bits per heavy atom. The minimum absolute atomic E-state index is 0.0571. The molecule has 9 heteroatoms. The van der Waals surface area contributed by atoms with E-state index >= 15 is 0 Å². The summed E-state index contributed by atoms with van der Waals surface area (Å²) >= 11 is 7.57. The monoisotopic (exact) mass is 392 g/mol. The van der Waals surface area contributed by atoms with Gasteiger partial charge in [-0.3, -0.25) is 4.79 Å². The van der Waals surface area contributed by atoms with E-state index in [4.69, 9.17) is 16.7 Å². The Morgan fingerprint density at radius 3 is 2.81 bits per heavy atom. The first-order valence-electron chi connectivity index (χ1n) is 8.28. The van der Waals surface area contributed by atoms with Gasteiger partial charge in [0.05, 0.1) is 5.02 Å². The normalized spacial score (nSPS) is 15.7. The molecule has 0 unspecified atom stereocenters. The fourth-order valence-corrected chi connectivity index (χ4v) is 4.49. The number of aryl methyl sites for hydroxylation is 1. The van der Waals surface area contributed by atoms with Crippen LogP contribution in [-0.2, 0) is 0 Å². The van der Waals surface area contributed by atoms with Crippen LogP contribution in [0.4, 0.5) is 5.13 Å². The lowest BCUT2D eigenvalue weighted by molar-refractivity contribution is 0.0691. The number of piperidine rings is 1. The van der Waals surface area contributed by atoms with Crippen molar-refractivity contribution in [1.82, 2.24) is 14.5 Å². The van der Waals surface area contributed by atoms with Gasteiger partial charge in [-0.25, -0.2) is 9.78 Å². The number of hydrogen-bond donors (Lipinski definition) is 2. The maximum atomic E-state index is 12.8. The van der Waals surface area contributed by atoms with Crippen LogP contribution in [0, 0.1) is 6.92 Å². The maximum absolute atomic E-state index is 12.8. The van der Waals surface area contributed by atoms with E-state index in [2.05, 4.69) is 14.9 Å². The molecule has 0 bridgehead atoms. The molecular formula is C17H17ClN4O3S. The number of fused-ring (bicyclic) bond motifs is 1. The lowest BCUT2D eigenvalue weighted by atomic mass is 10.0. The lowest BCUT2D eigenvalue weighted by Crippen LogP contribution is -2.37. The average Bonchev–Trinajstić information content (AvgIpc) is 3.23. The molecule has 2 N–H and O–H groups in total. The number of anilines is 1. The Balaban J connectivity index is 1.54. The average molecular weight is 393 g/mol. The van der Waals surface area contributed by atoms with Crippen LogP contribution >= 0.6 is 22.9 Å². The molecule has 3 aromatic heterocycles. The number of rotatable bonds is 3. The lowest BCUT2D eigenvalue weighted by Gasteiger charge is -2.32. The smallest absolute Gasteiger partial charge is 0.355 e. The summed E-state index contributed by atoms with van der Waals surface area (Å²) < 4.78 is 1.77. The molecule has 0 aromatic carbocycles. The molecular weight excluding hydrogens is 376 g/mol. The molecule has 1 aliphatic heterocycles. The summed E-state index contributed by atoms with van der Waals surface area (Å²) in [7, 11) is 0. The molecule has 26 heavy (non-hydrogen) atoms. The molecule has 0 radical (unpaired) electrons. The summed E-state index contributed by atoms with van der Waals surface area (Å²) in [5.41, 5.74) is 1.36. The number of thiazole rings is 1. The molecule has 1 fully saturated rings. The second-order valence-electron chi connectivity index (χ2n) is 6.42. The third kappa shape index (κ3) is 2.79. The Kier molecular flexibility index (Phi) is 4.24. The summed E-state index contributed by atoms with van der Waals surface area (Å²) in [6.07, 6.45) is 3.40. The zero-order chi connectivity index (χ0) is 18.4. The molecule has 3 aromatic rings. The molecule has 0 atom stereocenters. The van der Waals surface area contributed by atoms with Crippen molar-refractivity contribution in [2.45, 2.75) is 25.8 Å². The van der Waals surface area contributed by atoms with Crippen LogP contribution < -0.4 is 10.5 Å². The number of aromatic carboxylic acids is 1. The predicted molar refractivity (Wildman–Crippen MR) is 102 cm³/mol. The van der Waals surface area contributed by atoms with E-state index < -0.39 is 5.97 Å². The van der Waals surface area contributed by atoms with Crippen LogP contribution in [0.5, 0.6) is 0 Å². The Bertz CT molecular complexity index is 1050. The van der Waals surface area contributed by atoms with E-state index in [-0.39, 0.29) is 17.3 Å². The Morgan fingerprint density at radius 2 is 2.15 bits per heavy atom. The van der Waals surface area contributed by atoms with Crippen LogP contribution in [0.1, 0.15) is 35.1 Å². The van der Waals surface area contributed by atoms with Crippen molar-refractivity contribution in [1.29, 1.82) is 0 Å². The molecule has 1 aliphatic rings. The fraction of sp³-hybridized carbons (Fsp3) is 0.353. The number of nitrogens with one attached hydrogen (secondary N) is 1. The van der Waals surface area contributed by atoms with Gasteiger partial charge in [-0.1, -0.05) is 11.6 Å². The summed E-state index contributed by atoms with van der Waals surface area (Å²) in [4.78, 5) is 33.1. The van der Waals surface area contributed by atoms with E-state index in [1.54, 1.807) is 9.95 Å². The highest BCUT2D eigenvalue weighted by Crippen LogP contribution is 2.29. The Labute approximate surface area is 157 Å². The van der Waals surface area contributed by atoms with Crippen LogP contribution in [0.25, 0.3) is 10.9 Å². The highest BCUT2D eigenvalue weighted by Gasteiger charge is 2.24. The van der Waals surface area contributed by atoms with Gasteiger partial charge in [0.25, 0.3) is 5.56 Å². The standard InChI is InChI=1S/C17H17ClN4O3S/c1-9-13(18)11-4-7-22(15(23)14(11)19-9)10-2-5-21(6-3-10)17-20-12(8-26-17)16(24)25/h4,7-8,10,19H,2-3,5-6H2,1H3,(H,24,25). The van der Waals surface area contributed by atoms with Crippen molar-refractivity contribution >= 4 is 44.9 Å². The molecule has 136 valence electrons. The van der Waals surface area contributed by atoms with Crippen LogP contribution in [0.3, 0.4) is 0 Å². The van der Waals surface area contributed by atoms with Gasteiger partial charge >= 0.3 is 5.97 Å². The van der Waals surface area contributed by atoms with E-state index in [0.717, 1.165) is 42.1 Å². The van der Waals surface area contributed by atoms with Gasteiger partial charge in [-0.15, -0.1) is 11.3 Å². The van der Waals surface area contributed by atoms with Gasteiger partial charge in [-0.2, -0.15) is 0 Å². The number of hydrogen-bond acceptors (Lipinski definition) is 5. The van der Waals surface area contributed by atoms with Crippen molar-refractivity contribution in [3.05, 3.63) is 44.4 Å². The predicted octanol–water partition coefficient (Wildman–Crippen LogP) is 3.29. The minimum Gasteiger partial charge on any atom is -0.476 e. The quantitative estimate of drug-likeness (QED) is 0.713. The van der Waals surface area contributed by atoms with Gasteiger partial charge in [0.15, 0.2) is 10.8 Å². The van der Waals surface area contributed by atoms with Crippen molar-refractivity contribution in [2.24, 2.45) is 0 Å². The summed E-state index contributed by atoms with van der Waals surface area (Å²) in [6, 6.07) is 1.99. The largest absolute Gasteiger partial charge is 0.476 e. The van der Waals surface area contributed by atoms with Crippen LogP contribution in [0.15, 0.2) is 22.4 Å². The van der Waals surface area contributed by atoms with Crippen molar-refractivity contribution < 1.29 is 9.90 Å². The molecule has 7 nitrogen and oxygen atoms in total. The van der Waals surface area contributed by atoms with Crippen molar-refractivity contribution in [3.63, 3.8) is 0 Å². The number of aromatic nitrogens is 3. The summed E-state index contributed by atoms with van der Waals surface area (Å²) in [5.74, 6) is -1.01. The van der Waals surface area contributed by atoms with E-state index in [1.807, 2.05) is 19.2 Å². The number of aromatic amines is 1. The topological polar surface area (TPSA) is 91.2 Å². The highest BCUT2D eigenvalue weighted by atomic mass is 35.5. The van der Waals surface area contributed by atoms with Crippen LogP contribution in [0.2, 0.25) is 5.02 Å². The van der Waals surface area contributed by atoms with E-state index in [9.17, 15) is 9.59 Å². The number of carboxylic acids is 1. The van der Waals surface area contributed by atoms with Crippen LogP contribution in [-0.4, -0.2) is 38.7 Å². The number of nitrogens with zero attached hydrogens (tertiary/aromatic N) is 3. The third-order valence-electron chi connectivity index (χ3n) is 4.84. The second kappa shape index (κ2) is 6.44. The zero-order valence-electron chi connectivity index (χ0n) is 14.0. The van der Waals surface area contributed by atoms with E-state index in [1.165, 1.54) is 11.3 Å². The molecule has 0 amide bonds. The maximum Gasteiger partial charge on any atom is 0.355 e. The van der Waals surface area contributed by atoms with Gasteiger partial charge in [0, 0.05) is 41.8 Å². The first kappa shape index (κ1) is 17.1. The first-order valence-corrected chi connectivity index (χ1v) is 9.54. The number of halogens is 1. The van der Waals surface area contributed by atoms with Gasteiger partial charge < -0.3 is 19.6 Å². The number of pyridine rings is 1. The SMILES string of the molecule is Cc1[nH]c2c(=O)n(C3CCN(c4nc(C(=O)O)cs4)CC3)ccc2c1Cl. The van der Waals surface area contributed by atoms with Gasteiger partial charge in [-0.05, 0) is 25.8 Å². The minimum atomic E-state index is -1.01. The molecule has 4 heterocycles. The second-order valence-corrected chi connectivity index (χ2v) is 7.63. The molecule has 0 spiro atoms. The van der Waals surface area contributed by atoms with Gasteiger partial charge in [0.2, 0.25) is 0 Å². The molecule has 1 saturated heterocycles. The third-order valence-corrected chi connectivity index (χ3v) is 6.23. The number of H-pyrrole nitrogens is 1. The molecule has 4 rings (SSSR count). The number of carbonyl (C=O) groups is 1. The fourth-order valence-electron chi connectivity index (χ4n) is 3.43. The first-order chi connectivity index (χ1) is 12.5. The van der Waals surface area contributed by atoms with Crippen molar-refractivity contribution in [3.8, 4) is 0 Å². The molecule has 0 aliphatic carbocycles. The van der Waals surface area contributed by atoms with E-state index in [0.29, 0.717) is 10.5 Å². The summed E-state index contributed by atoms with van der Waals surface area (Å²) in [6.45, 7) is 3.31. The highest BCUT2D eigenvalue weighted by molar-refractivity contribution is 7.13.